The van der Waals surface area contributed by atoms with Crippen molar-refractivity contribution in [1.29, 1.82) is 0 Å². The lowest BCUT2D eigenvalue weighted by Gasteiger charge is -1.86. The highest BCUT2D eigenvalue weighted by molar-refractivity contribution is 6.07. The van der Waals surface area contributed by atoms with Gasteiger partial charge in [0, 0.05) is 0 Å². The molecule has 0 unspecified atom stereocenters. The third kappa shape index (κ3) is 29.3. The van der Waals surface area contributed by atoms with Crippen molar-refractivity contribution < 1.29 is 8.58 Å². The summed E-state index contributed by atoms with van der Waals surface area (Å²) < 4.78 is 7.98. The zero-order valence-corrected chi connectivity index (χ0v) is 7.21. The largest absolute Gasteiger partial charge is 0.283 e. The van der Waals surface area contributed by atoms with Crippen LogP contribution in [0.3, 0.4) is 0 Å². The van der Waals surface area contributed by atoms with Gasteiger partial charge in [0.1, 0.15) is 0 Å². The molecular formula is C5H12Cl2O2. The number of hydrogen-bond donors (Lipinski definition) is 0. The molecule has 0 N–H and O–H groups in total. The van der Waals surface area contributed by atoms with E-state index in [1.807, 2.05) is 0 Å². The van der Waals surface area contributed by atoms with Gasteiger partial charge in [-0.2, -0.15) is 0 Å². The van der Waals surface area contributed by atoms with E-state index in [0.717, 1.165) is 12.8 Å². The summed E-state index contributed by atoms with van der Waals surface area (Å²) in [6.07, 6.45) is 2.20. The maximum Gasteiger partial charge on any atom is 0.0682 e. The van der Waals surface area contributed by atoms with Gasteiger partial charge in [0.15, 0.2) is 0 Å². The Morgan fingerprint density at radius 3 is 1.89 bits per heavy atom. The van der Waals surface area contributed by atoms with Crippen molar-refractivity contribution in [2.45, 2.75) is 19.8 Å². The quantitative estimate of drug-likeness (QED) is 0.614. The van der Waals surface area contributed by atoms with Gasteiger partial charge in [0.25, 0.3) is 0 Å². The van der Waals surface area contributed by atoms with Crippen LogP contribution >= 0.6 is 23.7 Å². The van der Waals surface area contributed by atoms with Crippen LogP contribution in [0.15, 0.2) is 0 Å². The van der Waals surface area contributed by atoms with E-state index in [2.05, 4.69) is 27.4 Å². The summed E-state index contributed by atoms with van der Waals surface area (Å²) >= 11 is 9.38. The normalized spacial score (nSPS) is 8.00. The Morgan fingerprint density at radius 2 is 1.78 bits per heavy atom. The molecule has 58 valence electrons. The molecule has 0 rings (SSSR count). The molecule has 0 heterocycles. The molecule has 0 atom stereocenters. The third-order valence-electron chi connectivity index (χ3n) is 0.575. The molecule has 2 nitrogen and oxygen atoms in total. The highest BCUT2D eigenvalue weighted by atomic mass is 35.5. The Hall–Kier alpha value is 0.500. The number of unbranched alkanes of at least 4 members (excludes halogenated alkanes) is 1. The van der Waals surface area contributed by atoms with E-state index in [4.69, 9.17) is 11.9 Å². The standard InChI is InChI=1S/C4H9ClO.CH3ClO/c1-2-3-4-6-5;1-3-2/h2-4H2,1H3;1H3. The second-order valence-electron chi connectivity index (χ2n) is 1.32. The van der Waals surface area contributed by atoms with E-state index in [-0.39, 0.29) is 0 Å². The van der Waals surface area contributed by atoms with Crippen LogP contribution in [-0.4, -0.2) is 13.7 Å². The molecule has 0 saturated heterocycles. The van der Waals surface area contributed by atoms with Crippen molar-refractivity contribution in [3.05, 3.63) is 0 Å². The van der Waals surface area contributed by atoms with Crippen molar-refractivity contribution in [1.82, 2.24) is 0 Å². The minimum Gasteiger partial charge on any atom is -0.283 e. The van der Waals surface area contributed by atoms with Crippen LogP contribution in [0.4, 0.5) is 0 Å². The Labute approximate surface area is 66.4 Å². The molecule has 0 aliphatic heterocycles. The van der Waals surface area contributed by atoms with Gasteiger partial charge in [-0.3, -0.25) is 8.58 Å². The predicted molar refractivity (Wildman–Crippen MR) is 39.6 cm³/mol. The van der Waals surface area contributed by atoms with E-state index >= 15 is 0 Å². The molecule has 0 aromatic heterocycles. The summed E-state index contributed by atoms with van der Waals surface area (Å²) in [7, 11) is 1.39. The Kier molecular flexibility index (Phi) is 21.4. The fourth-order valence-electron chi connectivity index (χ4n) is 0.199. The topological polar surface area (TPSA) is 18.5 Å². The van der Waals surface area contributed by atoms with Gasteiger partial charge in [0.05, 0.1) is 37.4 Å². The van der Waals surface area contributed by atoms with Crippen LogP contribution in [0.5, 0.6) is 0 Å². The highest BCUT2D eigenvalue weighted by Gasteiger charge is 1.76. The second-order valence-corrected chi connectivity index (χ2v) is 1.85. The summed E-state index contributed by atoms with van der Waals surface area (Å²) in [4.78, 5) is 0. The van der Waals surface area contributed by atoms with Gasteiger partial charge < -0.3 is 0 Å². The van der Waals surface area contributed by atoms with Gasteiger partial charge >= 0.3 is 0 Å². The lowest BCUT2D eigenvalue weighted by Crippen LogP contribution is -1.78. The minimum atomic E-state index is 0.679. The van der Waals surface area contributed by atoms with Crippen LogP contribution in [0.1, 0.15) is 19.8 Å². The average Bonchev–Trinajstić information content (AvgIpc) is 1.86. The summed E-state index contributed by atoms with van der Waals surface area (Å²) in [5.74, 6) is 0. The summed E-state index contributed by atoms with van der Waals surface area (Å²) in [5, 5.41) is 0. The van der Waals surface area contributed by atoms with Crippen molar-refractivity contribution in [3.8, 4) is 0 Å². The summed E-state index contributed by atoms with van der Waals surface area (Å²) in [5.41, 5.74) is 0. The molecule has 0 fully saturated rings. The zero-order chi connectivity index (χ0) is 7.54. The Morgan fingerprint density at radius 1 is 1.33 bits per heavy atom. The van der Waals surface area contributed by atoms with Gasteiger partial charge in [-0.05, 0) is 6.42 Å². The van der Waals surface area contributed by atoms with Gasteiger partial charge in [-0.1, -0.05) is 13.3 Å². The lowest BCUT2D eigenvalue weighted by molar-refractivity contribution is 0.341. The SMILES string of the molecule is CCCCOCl.COCl. The van der Waals surface area contributed by atoms with Crippen molar-refractivity contribution >= 4 is 23.7 Å². The van der Waals surface area contributed by atoms with E-state index in [1.165, 1.54) is 7.11 Å². The Balaban J connectivity index is 0. The third-order valence-corrected chi connectivity index (χ3v) is 0.729. The van der Waals surface area contributed by atoms with Crippen molar-refractivity contribution in [2.24, 2.45) is 0 Å². The van der Waals surface area contributed by atoms with Crippen LogP contribution in [0, 0.1) is 0 Å². The molecule has 0 radical (unpaired) electrons. The molecular weight excluding hydrogens is 163 g/mol. The van der Waals surface area contributed by atoms with Gasteiger partial charge in [0.2, 0.25) is 0 Å². The Bertz CT molecular complexity index is 32.1. The highest BCUT2D eigenvalue weighted by Crippen LogP contribution is 1.88. The predicted octanol–water partition coefficient (Wildman–Crippen LogP) is 2.74. The smallest absolute Gasteiger partial charge is 0.0682 e. The van der Waals surface area contributed by atoms with E-state index in [0.29, 0.717) is 6.61 Å². The van der Waals surface area contributed by atoms with Crippen LogP contribution in [0.25, 0.3) is 0 Å². The summed E-state index contributed by atoms with van der Waals surface area (Å²) in [6.45, 7) is 2.77. The fraction of sp³-hybridized carbons (Fsp3) is 1.00. The molecule has 0 amide bonds. The summed E-state index contributed by atoms with van der Waals surface area (Å²) in [6, 6.07) is 0. The van der Waals surface area contributed by atoms with Crippen LogP contribution < -0.4 is 0 Å². The molecule has 9 heavy (non-hydrogen) atoms. The number of hydrogen-bond acceptors (Lipinski definition) is 2. The number of halogens is 2. The van der Waals surface area contributed by atoms with E-state index < -0.39 is 0 Å². The maximum absolute atomic E-state index is 4.88. The molecule has 0 aromatic carbocycles. The first kappa shape index (κ1) is 12.2. The molecule has 0 bridgehead atoms. The maximum atomic E-state index is 4.88. The van der Waals surface area contributed by atoms with Crippen LogP contribution in [0.2, 0.25) is 0 Å². The van der Waals surface area contributed by atoms with E-state index in [9.17, 15) is 0 Å². The second kappa shape index (κ2) is 15.8. The molecule has 0 aromatic rings. The molecule has 0 aliphatic carbocycles. The minimum absolute atomic E-state index is 0.679. The lowest BCUT2D eigenvalue weighted by atomic mass is 10.4. The first-order chi connectivity index (χ1) is 4.33. The van der Waals surface area contributed by atoms with Gasteiger partial charge in [-0.15, -0.1) is 0 Å². The van der Waals surface area contributed by atoms with Gasteiger partial charge in [-0.25, -0.2) is 0 Å². The number of rotatable bonds is 3. The zero-order valence-electron chi connectivity index (χ0n) is 5.69. The van der Waals surface area contributed by atoms with Crippen molar-refractivity contribution in [2.75, 3.05) is 13.7 Å². The van der Waals surface area contributed by atoms with E-state index in [1.54, 1.807) is 0 Å². The first-order valence-electron chi connectivity index (χ1n) is 2.71. The first-order valence-corrected chi connectivity index (χ1v) is 3.33. The molecule has 4 heteroatoms. The average molecular weight is 175 g/mol. The molecule has 0 aliphatic rings. The van der Waals surface area contributed by atoms with Crippen molar-refractivity contribution in [3.63, 3.8) is 0 Å². The molecule has 0 spiro atoms. The molecule has 0 saturated carbocycles. The fourth-order valence-corrected chi connectivity index (χ4v) is 0.308. The van der Waals surface area contributed by atoms with Crippen LogP contribution in [-0.2, 0) is 8.58 Å². The monoisotopic (exact) mass is 174 g/mol.